The Bertz CT molecular complexity index is 599. The van der Waals surface area contributed by atoms with Crippen LogP contribution in [0.15, 0.2) is 4.47 Å². The summed E-state index contributed by atoms with van der Waals surface area (Å²) in [5.41, 5.74) is 1.22. The Morgan fingerprint density at radius 3 is 1.69 bits per heavy atom. The van der Waals surface area contributed by atoms with Crippen LogP contribution in [0.5, 0.6) is 0 Å². The summed E-state index contributed by atoms with van der Waals surface area (Å²) < 4.78 is 1.14. The van der Waals surface area contributed by atoms with E-state index in [-0.39, 0.29) is 0 Å². The monoisotopic (exact) mass is 464 g/mol. The van der Waals surface area contributed by atoms with Crippen LogP contribution in [0.1, 0.15) is 103 Å². The summed E-state index contributed by atoms with van der Waals surface area (Å²) in [7, 11) is 0. The number of aryl methyl sites for hydroxylation is 1. The van der Waals surface area contributed by atoms with Gasteiger partial charge >= 0.3 is 0 Å². The molecule has 0 radical (unpaired) electrons. The minimum Gasteiger partial charge on any atom is -0.355 e. The molecule has 0 saturated carbocycles. The van der Waals surface area contributed by atoms with Crippen LogP contribution in [0, 0.1) is 0 Å². The van der Waals surface area contributed by atoms with Crippen molar-refractivity contribution in [2.75, 3.05) is 36.0 Å². The third kappa shape index (κ3) is 7.11. The van der Waals surface area contributed by atoms with Gasteiger partial charge in [0.1, 0.15) is 5.82 Å². The zero-order valence-electron chi connectivity index (χ0n) is 18.6. The van der Waals surface area contributed by atoms with E-state index in [1.165, 1.54) is 95.6 Å². The highest BCUT2D eigenvalue weighted by Crippen LogP contribution is 2.33. The number of unbranched alkanes of at least 4 members (excludes halogenated alkanes) is 11. The van der Waals surface area contributed by atoms with E-state index in [1.807, 2.05) is 0 Å². The van der Waals surface area contributed by atoms with Crippen molar-refractivity contribution in [2.24, 2.45) is 0 Å². The highest BCUT2D eigenvalue weighted by Gasteiger charge is 2.25. The molecule has 0 aliphatic carbocycles. The molecule has 0 N–H and O–H groups in total. The van der Waals surface area contributed by atoms with Gasteiger partial charge in [0, 0.05) is 26.2 Å². The summed E-state index contributed by atoms with van der Waals surface area (Å²) in [6, 6.07) is 0. The van der Waals surface area contributed by atoms with Crippen molar-refractivity contribution in [3.63, 3.8) is 0 Å². The Labute approximate surface area is 187 Å². The molecule has 2 fully saturated rings. The first-order valence-corrected chi connectivity index (χ1v) is 13.1. The number of anilines is 2. The second-order valence-electron chi connectivity index (χ2n) is 8.93. The Balaban J connectivity index is 1.34. The van der Waals surface area contributed by atoms with Crippen molar-refractivity contribution < 1.29 is 0 Å². The highest BCUT2D eigenvalue weighted by atomic mass is 79.9. The molecule has 0 bridgehead atoms. The predicted octanol–water partition coefficient (Wildman–Crippen LogP) is 6.90. The largest absolute Gasteiger partial charge is 0.355 e. The van der Waals surface area contributed by atoms with Crippen LogP contribution in [-0.2, 0) is 6.42 Å². The predicted molar refractivity (Wildman–Crippen MR) is 128 cm³/mol. The zero-order chi connectivity index (χ0) is 20.3. The first-order chi connectivity index (χ1) is 14.3. The first-order valence-electron chi connectivity index (χ1n) is 12.4. The summed E-state index contributed by atoms with van der Waals surface area (Å²) >= 11 is 3.83. The lowest BCUT2D eigenvalue weighted by Crippen LogP contribution is -2.41. The van der Waals surface area contributed by atoms with E-state index < -0.39 is 0 Å². The van der Waals surface area contributed by atoms with Gasteiger partial charge in [0.2, 0.25) is 5.95 Å². The molecule has 2 saturated heterocycles. The highest BCUT2D eigenvalue weighted by molar-refractivity contribution is 9.10. The summed E-state index contributed by atoms with van der Waals surface area (Å²) in [6.07, 6.45) is 20.4. The molecule has 0 atom stereocenters. The van der Waals surface area contributed by atoms with E-state index in [9.17, 15) is 0 Å². The molecule has 0 spiro atoms. The molecule has 4 nitrogen and oxygen atoms in total. The Kier molecular flexibility index (Phi) is 10.1. The minimum absolute atomic E-state index is 0.954. The quantitative estimate of drug-likeness (QED) is 0.264. The number of nitrogens with zero attached hydrogens (tertiary/aromatic N) is 4. The lowest BCUT2D eigenvalue weighted by molar-refractivity contribution is 0.542. The molecular weight excluding hydrogens is 424 g/mol. The molecule has 0 unspecified atom stereocenters. The van der Waals surface area contributed by atoms with E-state index in [1.54, 1.807) is 0 Å². The minimum atomic E-state index is 0.954. The van der Waals surface area contributed by atoms with Crippen molar-refractivity contribution in [3.05, 3.63) is 10.2 Å². The van der Waals surface area contributed by atoms with Gasteiger partial charge in [0.25, 0.3) is 0 Å². The van der Waals surface area contributed by atoms with Crippen LogP contribution in [0.4, 0.5) is 11.8 Å². The molecule has 2 aliphatic heterocycles. The maximum absolute atomic E-state index is 4.93. The van der Waals surface area contributed by atoms with Gasteiger partial charge in [-0.3, -0.25) is 0 Å². The second kappa shape index (κ2) is 12.8. The molecule has 5 heteroatoms. The second-order valence-corrected chi connectivity index (χ2v) is 9.72. The van der Waals surface area contributed by atoms with Crippen molar-refractivity contribution in [1.29, 1.82) is 0 Å². The van der Waals surface area contributed by atoms with Crippen LogP contribution in [0.2, 0.25) is 0 Å². The molecule has 29 heavy (non-hydrogen) atoms. The lowest BCUT2D eigenvalue weighted by Gasteiger charge is -2.36. The normalized spacial score (nSPS) is 16.1. The van der Waals surface area contributed by atoms with Crippen molar-refractivity contribution >= 4 is 27.7 Å². The molecule has 2 aliphatic rings. The van der Waals surface area contributed by atoms with E-state index in [0.29, 0.717) is 0 Å². The molecule has 3 heterocycles. The van der Waals surface area contributed by atoms with Crippen molar-refractivity contribution in [3.8, 4) is 0 Å². The molecule has 164 valence electrons. The first kappa shape index (κ1) is 22.8. The molecular formula is C24H41BrN4. The van der Waals surface area contributed by atoms with Crippen LogP contribution < -0.4 is 9.80 Å². The lowest BCUT2D eigenvalue weighted by atomic mass is 10.0. The third-order valence-electron chi connectivity index (χ3n) is 6.45. The van der Waals surface area contributed by atoms with Crippen LogP contribution in [0.25, 0.3) is 0 Å². The molecule has 0 aromatic carbocycles. The topological polar surface area (TPSA) is 32.3 Å². The summed E-state index contributed by atoms with van der Waals surface area (Å²) in [5, 5.41) is 0. The van der Waals surface area contributed by atoms with Gasteiger partial charge in [-0.25, -0.2) is 4.98 Å². The summed E-state index contributed by atoms with van der Waals surface area (Å²) in [6.45, 7) is 6.78. The summed E-state index contributed by atoms with van der Waals surface area (Å²) in [4.78, 5) is 14.5. The number of hydrogen-bond donors (Lipinski definition) is 0. The van der Waals surface area contributed by atoms with Gasteiger partial charge in [-0.1, -0.05) is 77.6 Å². The SMILES string of the molecule is CCCCCCCCCCCCCCc1nc(N2CCC2)nc(N2CCC2)c1Br. The Morgan fingerprint density at radius 1 is 0.690 bits per heavy atom. The Hall–Kier alpha value is -0.840. The van der Waals surface area contributed by atoms with E-state index in [2.05, 4.69) is 32.7 Å². The van der Waals surface area contributed by atoms with Gasteiger partial charge in [0.05, 0.1) is 10.2 Å². The van der Waals surface area contributed by atoms with E-state index in [0.717, 1.165) is 48.8 Å². The maximum Gasteiger partial charge on any atom is 0.227 e. The third-order valence-corrected chi connectivity index (χ3v) is 7.26. The average molecular weight is 466 g/mol. The fraction of sp³-hybridized carbons (Fsp3) is 0.833. The van der Waals surface area contributed by atoms with Gasteiger partial charge in [-0.15, -0.1) is 0 Å². The van der Waals surface area contributed by atoms with Gasteiger partial charge in [-0.2, -0.15) is 4.98 Å². The van der Waals surface area contributed by atoms with Crippen LogP contribution >= 0.6 is 15.9 Å². The van der Waals surface area contributed by atoms with Crippen LogP contribution in [0.3, 0.4) is 0 Å². The smallest absolute Gasteiger partial charge is 0.227 e. The number of halogens is 1. The molecule has 1 aromatic heterocycles. The number of hydrogen-bond acceptors (Lipinski definition) is 4. The van der Waals surface area contributed by atoms with Crippen LogP contribution in [-0.4, -0.2) is 36.1 Å². The van der Waals surface area contributed by atoms with E-state index >= 15 is 0 Å². The standard InChI is InChI=1S/C24H41BrN4/c1-2-3-4-5-6-7-8-9-10-11-12-13-16-21-22(25)23(28-17-14-18-28)27-24(26-21)29-19-15-20-29/h2-20H2,1H3. The Morgan fingerprint density at radius 2 is 1.21 bits per heavy atom. The van der Waals surface area contributed by atoms with Crippen molar-refractivity contribution in [1.82, 2.24) is 9.97 Å². The van der Waals surface area contributed by atoms with Gasteiger partial charge < -0.3 is 9.80 Å². The molecule has 3 rings (SSSR count). The molecule has 0 amide bonds. The van der Waals surface area contributed by atoms with Crippen molar-refractivity contribution in [2.45, 2.75) is 103 Å². The number of aromatic nitrogens is 2. The fourth-order valence-electron chi connectivity index (χ4n) is 4.16. The fourth-order valence-corrected chi connectivity index (χ4v) is 4.79. The molecule has 1 aromatic rings. The number of rotatable bonds is 15. The van der Waals surface area contributed by atoms with Gasteiger partial charge in [0.15, 0.2) is 0 Å². The van der Waals surface area contributed by atoms with Gasteiger partial charge in [-0.05, 0) is 41.6 Å². The zero-order valence-corrected chi connectivity index (χ0v) is 20.2. The summed E-state index contributed by atoms with van der Waals surface area (Å²) in [5.74, 6) is 2.08. The van der Waals surface area contributed by atoms with E-state index in [4.69, 9.17) is 9.97 Å². The average Bonchev–Trinajstić information content (AvgIpc) is 2.63. The maximum atomic E-state index is 4.93.